The van der Waals surface area contributed by atoms with Crippen LogP contribution in [0.2, 0.25) is 0 Å². The Balaban J connectivity index is 1.31. The first-order valence-corrected chi connectivity index (χ1v) is 13.1. The molecule has 1 fully saturated rings. The van der Waals surface area contributed by atoms with E-state index in [9.17, 15) is 4.79 Å². The van der Waals surface area contributed by atoms with Crippen molar-refractivity contribution in [3.05, 3.63) is 77.2 Å². The minimum atomic E-state index is 0.0487. The van der Waals surface area contributed by atoms with E-state index in [4.69, 9.17) is 10.7 Å². The number of rotatable bonds is 6. The summed E-state index contributed by atoms with van der Waals surface area (Å²) in [6.07, 6.45) is 4.95. The number of amides is 1. The van der Waals surface area contributed by atoms with Gasteiger partial charge in [-0.2, -0.15) is 0 Å². The molecule has 7 heteroatoms. The summed E-state index contributed by atoms with van der Waals surface area (Å²) in [7, 11) is 5.69. The molecule has 1 aliphatic rings. The van der Waals surface area contributed by atoms with Crippen LogP contribution in [-0.2, 0) is 20.0 Å². The largest absolute Gasteiger partial charge is 0.384 e. The van der Waals surface area contributed by atoms with Gasteiger partial charge in [0, 0.05) is 56.1 Å². The molecule has 0 spiro atoms. The maximum Gasteiger partial charge on any atom is 0.253 e. The molecule has 2 N–H and O–H groups in total. The highest BCUT2D eigenvalue weighted by Crippen LogP contribution is 2.33. The lowest BCUT2D eigenvalue weighted by Gasteiger charge is -2.32. The Morgan fingerprint density at radius 2 is 1.78 bits per heavy atom. The lowest BCUT2D eigenvalue weighted by Crippen LogP contribution is -2.33. The van der Waals surface area contributed by atoms with Crippen LogP contribution in [0.5, 0.6) is 0 Å². The predicted octanol–water partition coefficient (Wildman–Crippen LogP) is 4.86. The number of hydrogen-bond acceptors (Lipinski definition) is 5. The molecule has 5 rings (SSSR count). The number of aromatic nitrogens is 3. The van der Waals surface area contributed by atoms with E-state index in [1.807, 2.05) is 24.4 Å². The van der Waals surface area contributed by atoms with Gasteiger partial charge in [-0.1, -0.05) is 19.1 Å². The maximum atomic E-state index is 12.2. The summed E-state index contributed by atoms with van der Waals surface area (Å²) >= 11 is 0. The molecule has 0 saturated carbocycles. The monoisotopic (exact) mass is 496 g/mol. The molecular formula is C30H36N6O. The van der Waals surface area contributed by atoms with Crippen molar-refractivity contribution in [1.82, 2.24) is 24.3 Å². The van der Waals surface area contributed by atoms with Crippen molar-refractivity contribution in [2.75, 3.05) is 32.9 Å². The fraction of sp³-hybridized carbons (Fsp3) is 0.367. The molecule has 0 radical (unpaired) electrons. The van der Waals surface area contributed by atoms with Gasteiger partial charge in [0.25, 0.3) is 5.91 Å². The molecule has 3 aromatic heterocycles. The normalized spacial score (nSPS) is 14.8. The van der Waals surface area contributed by atoms with E-state index in [1.165, 1.54) is 11.3 Å². The number of piperidine rings is 1. The highest BCUT2D eigenvalue weighted by atomic mass is 16.2. The van der Waals surface area contributed by atoms with Gasteiger partial charge >= 0.3 is 0 Å². The second kappa shape index (κ2) is 10.3. The van der Waals surface area contributed by atoms with Crippen LogP contribution < -0.4 is 5.73 Å². The second-order valence-electron chi connectivity index (χ2n) is 10.2. The van der Waals surface area contributed by atoms with E-state index >= 15 is 0 Å². The molecule has 192 valence electrons. The maximum absolute atomic E-state index is 12.2. The first kappa shape index (κ1) is 25.0. The highest BCUT2D eigenvalue weighted by molar-refractivity contribution is 5.95. The Morgan fingerprint density at radius 1 is 1.05 bits per heavy atom. The van der Waals surface area contributed by atoms with Crippen LogP contribution >= 0.6 is 0 Å². The van der Waals surface area contributed by atoms with Gasteiger partial charge in [-0.05, 0) is 85.8 Å². The number of anilines is 1. The number of hydrogen-bond donors (Lipinski definition) is 1. The fourth-order valence-corrected chi connectivity index (χ4v) is 5.50. The Hall–Kier alpha value is -3.71. The van der Waals surface area contributed by atoms with Crippen LogP contribution in [0.15, 0.2) is 54.7 Å². The average molecular weight is 497 g/mol. The van der Waals surface area contributed by atoms with E-state index in [-0.39, 0.29) is 5.91 Å². The standard InChI is InChI=1S/C30H36N6O/c1-5-27-25(10-11-28(31)33-27)24-12-15-32-29-26(24)18-23(35(29)4)19-36-16-13-21(14-17-36)20-6-8-22(9-7-20)30(37)34(2)3/h6-12,15,18,21H,5,13-14,16-17,19H2,1-4H3,(H2,31,33). The predicted molar refractivity (Wildman–Crippen MR) is 149 cm³/mol. The summed E-state index contributed by atoms with van der Waals surface area (Å²) in [6.45, 7) is 5.11. The van der Waals surface area contributed by atoms with Gasteiger partial charge in [-0.25, -0.2) is 9.97 Å². The Morgan fingerprint density at radius 3 is 2.46 bits per heavy atom. The number of carbonyl (C=O) groups is 1. The van der Waals surface area contributed by atoms with Gasteiger partial charge in [-0.15, -0.1) is 0 Å². The van der Waals surface area contributed by atoms with Crippen molar-refractivity contribution < 1.29 is 4.79 Å². The quantitative estimate of drug-likeness (QED) is 0.412. The van der Waals surface area contributed by atoms with Crippen molar-refractivity contribution in [3.63, 3.8) is 0 Å². The number of carbonyl (C=O) groups excluding carboxylic acids is 1. The molecule has 0 aliphatic carbocycles. The van der Waals surface area contributed by atoms with Crippen molar-refractivity contribution in [3.8, 4) is 11.1 Å². The van der Waals surface area contributed by atoms with Crippen LogP contribution in [0.3, 0.4) is 0 Å². The Kier molecular flexibility index (Phi) is 6.98. The lowest BCUT2D eigenvalue weighted by atomic mass is 9.89. The zero-order chi connectivity index (χ0) is 26.1. The molecule has 1 aliphatic heterocycles. The van der Waals surface area contributed by atoms with Crippen molar-refractivity contribution in [1.29, 1.82) is 0 Å². The van der Waals surface area contributed by atoms with Gasteiger partial charge < -0.3 is 15.2 Å². The van der Waals surface area contributed by atoms with Crippen LogP contribution in [0, 0.1) is 0 Å². The SMILES string of the molecule is CCc1nc(N)ccc1-c1ccnc2c1cc(CN1CCC(c3ccc(C(=O)N(C)C)cc3)CC1)n2C. The summed E-state index contributed by atoms with van der Waals surface area (Å²) in [5.74, 6) is 1.14. The third-order valence-electron chi connectivity index (χ3n) is 7.66. The number of nitrogens with zero attached hydrogens (tertiary/aromatic N) is 5. The summed E-state index contributed by atoms with van der Waals surface area (Å²) in [4.78, 5) is 25.6. The number of benzene rings is 1. The third-order valence-corrected chi connectivity index (χ3v) is 7.66. The number of fused-ring (bicyclic) bond motifs is 1. The molecular weight excluding hydrogens is 460 g/mol. The molecule has 4 heterocycles. The summed E-state index contributed by atoms with van der Waals surface area (Å²) in [6, 6.07) is 16.5. The van der Waals surface area contributed by atoms with Crippen LogP contribution in [0.1, 0.15) is 53.0 Å². The van der Waals surface area contributed by atoms with Gasteiger partial charge in [-0.3, -0.25) is 9.69 Å². The zero-order valence-corrected chi connectivity index (χ0v) is 22.2. The van der Waals surface area contributed by atoms with Crippen molar-refractivity contribution in [2.45, 2.75) is 38.6 Å². The molecule has 7 nitrogen and oxygen atoms in total. The summed E-state index contributed by atoms with van der Waals surface area (Å²) in [5.41, 5.74) is 13.6. The summed E-state index contributed by atoms with van der Waals surface area (Å²) < 4.78 is 2.22. The van der Waals surface area contributed by atoms with E-state index in [1.54, 1.807) is 19.0 Å². The average Bonchev–Trinajstić information content (AvgIpc) is 3.23. The number of nitrogens with two attached hydrogens (primary N) is 1. The van der Waals surface area contributed by atoms with Gasteiger partial charge in [0.15, 0.2) is 0 Å². The smallest absolute Gasteiger partial charge is 0.253 e. The molecule has 4 aromatic rings. The number of aryl methyl sites for hydroxylation is 2. The van der Waals surface area contributed by atoms with E-state index < -0.39 is 0 Å². The molecule has 1 amide bonds. The second-order valence-corrected chi connectivity index (χ2v) is 10.2. The van der Waals surface area contributed by atoms with E-state index in [2.05, 4.69) is 58.8 Å². The zero-order valence-electron chi connectivity index (χ0n) is 22.2. The van der Waals surface area contributed by atoms with E-state index in [0.717, 1.165) is 72.3 Å². The molecule has 1 saturated heterocycles. The molecule has 0 unspecified atom stereocenters. The Bertz CT molecular complexity index is 1410. The van der Waals surface area contributed by atoms with Crippen molar-refractivity contribution >= 4 is 22.8 Å². The number of pyridine rings is 2. The van der Waals surface area contributed by atoms with Gasteiger partial charge in [0.1, 0.15) is 11.5 Å². The molecule has 0 bridgehead atoms. The van der Waals surface area contributed by atoms with Crippen LogP contribution in [-0.4, -0.2) is 57.4 Å². The van der Waals surface area contributed by atoms with Crippen LogP contribution in [0.25, 0.3) is 22.2 Å². The lowest BCUT2D eigenvalue weighted by molar-refractivity contribution is 0.0827. The minimum absolute atomic E-state index is 0.0487. The van der Waals surface area contributed by atoms with Crippen molar-refractivity contribution in [2.24, 2.45) is 7.05 Å². The third kappa shape index (κ3) is 4.96. The molecule has 0 atom stereocenters. The first-order chi connectivity index (χ1) is 17.9. The van der Waals surface area contributed by atoms with Gasteiger partial charge in [0.05, 0.1) is 5.69 Å². The minimum Gasteiger partial charge on any atom is -0.384 e. The topological polar surface area (TPSA) is 80.3 Å². The number of likely N-dealkylation sites (tertiary alicyclic amines) is 1. The van der Waals surface area contributed by atoms with Gasteiger partial charge in [0.2, 0.25) is 0 Å². The van der Waals surface area contributed by atoms with Crippen LogP contribution in [0.4, 0.5) is 5.82 Å². The molecule has 1 aromatic carbocycles. The molecule has 37 heavy (non-hydrogen) atoms. The van der Waals surface area contributed by atoms with E-state index in [0.29, 0.717) is 11.7 Å². The summed E-state index contributed by atoms with van der Waals surface area (Å²) in [5, 5.41) is 1.16. The fourth-order valence-electron chi connectivity index (χ4n) is 5.50. The highest BCUT2D eigenvalue weighted by Gasteiger charge is 2.23. The first-order valence-electron chi connectivity index (χ1n) is 13.1. The number of nitrogen functional groups attached to an aromatic ring is 1. The Labute approximate surface area is 218 Å².